The van der Waals surface area contributed by atoms with Crippen LogP contribution in [0.5, 0.6) is 0 Å². The molecule has 0 spiro atoms. The highest BCUT2D eigenvalue weighted by atomic mass is 32.1. The van der Waals surface area contributed by atoms with Crippen molar-refractivity contribution in [2.75, 3.05) is 0 Å². The second-order valence-electron chi connectivity index (χ2n) is 2.96. The normalized spacial score (nSPS) is 10.9. The molecule has 0 aliphatic rings. The summed E-state index contributed by atoms with van der Waals surface area (Å²) in [4.78, 5) is 5.44. The Labute approximate surface area is 84.4 Å². The highest BCUT2D eigenvalue weighted by Crippen LogP contribution is 2.30. The van der Waals surface area contributed by atoms with E-state index < -0.39 is 0 Å². The van der Waals surface area contributed by atoms with Crippen LogP contribution in [0, 0.1) is 0 Å². The third-order valence-electron chi connectivity index (χ3n) is 2.04. The first-order chi connectivity index (χ1) is 6.93. The number of thiophene rings is 1. The number of nitrogens with zero attached hydrogens (tertiary/aromatic N) is 2. The first-order valence-electron chi connectivity index (χ1n) is 4.28. The van der Waals surface area contributed by atoms with Crippen LogP contribution in [-0.2, 0) is 0 Å². The zero-order valence-electron chi connectivity index (χ0n) is 7.27. The van der Waals surface area contributed by atoms with Gasteiger partial charge in [0.15, 0.2) is 0 Å². The molecule has 3 nitrogen and oxygen atoms in total. The van der Waals surface area contributed by atoms with Crippen molar-refractivity contribution in [3.63, 3.8) is 0 Å². The van der Waals surface area contributed by atoms with Crippen LogP contribution in [0.25, 0.3) is 20.8 Å². The minimum atomic E-state index is 0.980. The fourth-order valence-corrected chi connectivity index (χ4v) is 2.38. The average Bonchev–Trinajstić information content (AvgIpc) is 2.86. The zero-order valence-corrected chi connectivity index (χ0v) is 8.08. The number of hydrogen-bond donors (Lipinski definition) is 1. The molecule has 1 N–H and O–H groups in total. The molecule has 0 amide bonds. The van der Waals surface area contributed by atoms with Gasteiger partial charge in [-0.05, 0) is 24.3 Å². The Morgan fingerprint density at radius 3 is 3.07 bits per heavy atom. The van der Waals surface area contributed by atoms with E-state index in [-0.39, 0.29) is 0 Å². The van der Waals surface area contributed by atoms with E-state index in [1.54, 1.807) is 11.3 Å². The van der Waals surface area contributed by atoms with E-state index in [2.05, 4.69) is 27.3 Å². The van der Waals surface area contributed by atoms with Gasteiger partial charge in [-0.1, -0.05) is 0 Å². The molecule has 0 bridgehead atoms. The first kappa shape index (κ1) is 7.70. The maximum Gasteiger partial charge on any atom is 0.102 e. The molecule has 3 heterocycles. The van der Waals surface area contributed by atoms with E-state index >= 15 is 0 Å². The summed E-state index contributed by atoms with van der Waals surface area (Å²) in [5.41, 5.74) is 2.02. The van der Waals surface area contributed by atoms with Gasteiger partial charge in [-0.2, -0.15) is 5.10 Å². The fraction of sp³-hybridized carbons (Fsp3) is 0. The summed E-state index contributed by atoms with van der Waals surface area (Å²) in [7, 11) is 0. The lowest BCUT2D eigenvalue weighted by Gasteiger charge is -1.83. The van der Waals surface area contributed by atoms with Crippen molar-refractivity contribution in [2.24, 2.45) is 0 Å². The number of nitrogens with one attached hydrogen (secondary N) is 1. The second-order valence-corrected chi connectivity index (χ2v) is 4.04. The van der Waals surface area contributed by atoms with E-state index in [4.69, 9.17) is 0 Å². The smallest absolute Gasteiger partial charge is 0.102 e. The Hall–Kier alpha value is -1.68. The predicted octanol–water partition coefficient (Wildman–Crippen LogP) is 2.69. The van der Waals surface area contributed by atoms with E-state index in [0.29, 0.717) is 0 Å². The summed E-state index contributed by atoms with van der Waals surface area (Å²) in [6.45, 7) is 0. The van der Waals surface area contributed by atoms with Crippen molar-refractivity contribution in [2.45, 2.75) is 0 Å². The van der Waals surface area contributed by atoms with Gasteiger partial charge in [0, 0.05) is 12.4 Å². The molecule has 0 radical (unpaired) electrons. The molecule has 68 valence electrons. The summed E-state index contributed by atoms with van der Waals surface area (Å²) in [6, 6.07) is 8.05. The summed E-state index contributed by atoms with van der Waals surface area (Å²) in [5, 5.41) is 6.95. The monoisotopic (exact) mass is 201 g/mol. The number of fused-ring (bicyclic) bond motifs is 1. The van der Waals surface area contributed by atoms with Gasteiger partial charge in [0.2, 0.25) is 0 Å². The fourth-order valence-electron chi connectivity index (χ4n) is 1.39. The van der Waals surface area contributed by atoms with Gasteiger partial charge in [-0.25, -0.2) is 0 Å². The summed E-state index contributed by atoms with van der Waals surface area (Å²) in [5.74, 6) is 0. The maximum absolute atomic E-state index is 4.28. The molecule has 0 saturated carbocycles. The van der Waals surface area contributed by atoms with Gasteiger partial charge >= 0.3 is 0 Å². The lowest BCUT2D eigenvalue weighted by Crippen LogP contribution is -1.70. The van der Waals surface area contributed by atoms with Crippen molar-refractivity contribution in [3.05, 3.63) is 36.7 Å². The van der Waals surface area contributed by atoms with Gasteiger partial charge in [0.1, 0.15) is 5.69 Å². The van der Waals surface area contributed by atoms with Crippen molar-refractivity contribution in [1.82, 2.24) is 15.2 Å². The molecule has 0 aromatic carbocycles. The summed E-state index contributed by atoms with van der Waals surface area (Å²) >= 11 is 1.71. The van der Waals surface area contributed by atoms with Crippen LogP contribution in [-0.4, -0.2) is 15.2 Å². The van der Waals surface area contributed by atoms with E-state index in [1.165, 1.54) is 4.70 Å². The number of aromatic nitrogens is 3. The Bertz CT molecular complexity index is 521. The topological polar surface area (TPSA) is 41.6 Å². The van der Waals surface area contributed by atoms with Gasteiger partial charge < -0.3 is 0 Å². The molecule has 0 unspecified atom stereocenters. The van der Waals surface area contributed by atoms with Crippen LogP contribution in [0.3, 0.4) is 0 Å². The van der Waals surface area contributed by atoms with Crippen molar-refractivity contribution in [1.29, 1.82) is 0 Å². The Kier molecular flexibility index (Phi) is 1.61. The largest absolute Gasteiger partial charge is 0.285 e. The molecule has 3 aromatic rings. The number of H-pyrrole nitrogens is 1. The molecule has 3 rings (SSSR count). The molecule has 4 heteroatoms. The molecule has 0 aliphatic carbocycles. The molecule has 0 atom stereocenters. The molecule has 3 aromatic heterocycles. The SMILES string of the molecule is c1cnc2cc(-c3cc[nH]n3)sc2c1. The first-order valence-corrected chi connectivity index (χ1v) is 5.10. The van der Waals surface area contributed by atoms with Crippen LogP contribution in [0.2, 0.25) is 0 Å². The van der Waals surface area contributed by atoms with Crippen LogP contribution in [0.15, 0.2) is 36.7 Å². The average molecular weight is 201 g/mol. The minimum Gasteiger partial charge on any atom is -0.285 e. The zero-order chi connectivity index (χ0) is 9.38. The second kappa shape index (κ2) is 2.92. The highest BCUT2D eigenvalue weighted by Gasteiger charge is 2.05. The molecule has 0 aliphatic heterocycles. The lowest BCUT2D eigenvalue weighted by molar-refractivity contribution is 1.10. The standard InChI is InChI=1S/C10H7N3S/c1-2-9-8(11-4-1)6-10(14-9)7-3-5-12-13-7/h1-6H,(H,12,13). The quantitative estimate of drug-likeness (QED) is 0.657. The molecule has 0 fully saturated rings. The predicted molar refractivity (Wildman–Crippen MR) is 57.2 cm³/mol. The Morgan fingerprint density at radius 1 is 1.29 bits per heavy atom. The van der Waals surface area contributed by atoms with Gasteiger partial charge in [0.25, 0.3) is 0 Å². The molecular formula is C10H7N3S. The third kappa shape index (κ3) is 1.12. The number of aromatic amines is 1. The highest BCUT2D eigenvalue weighted by molar-refractivity contribution is 7.22. The Balaban J connectivity index is 2.24. The van der Waals surface area contributed by atoms with Crippen LogP contribution in [0.4, 0.5) is 0 Å². The van der Waals surface area contributed by atoms with E-state index in [0.717, 1.165) is 16.1 Å². The summed E-state index contributed by atoms with van der Waals surface area (Å²) < 4.78 is 1.20. The van der Waals surface area contributed by atoms with Gasteiger partial charge in [-0.3, -0.25) is 10.1 Å². The maximum atomic E-state index is 4.28. The third-order valence-corrected chi connectivity index (χ3v) is 3.15. The van der Waals surface area contributed by atoms with Crippen LogP contribution >= 0.6 is 11.3 Å². The van der Waals surface area contributed by atoms with E-state index in [9.17, 15) is 0 Å². The Morgan fingerprint density at radius 2 is 2.29 bits per heavy atom. The lowest BCUT2D eigenvalue weighted by atomic mass is 10.3. The van der Waals surface area contributed by atoms with E-state index in [1.807, 2.05) is 24.5 Å². The number of pyridine rings is 1. The summed E-state index contributed by atoms with van der Waals surface area (Å²) in [6.07, 6.45) is 3.64. The van der Waals surface area contributed by atoms with Crippen molar-refractivity contribution in [3.8, 4) is 10.6 Å². The molecular weight excluding hydrogens is 194 g/mol. The van der Waals surface area contributed by atoms with Crippen LogP contribution < -0.4 is 0 Å². The minimum absolute atomic E-state index is 0.980. The van der Waals surface area contributed by atoms with Crippen molar-refractivity contribution < 1.29 is 0 Å². The van der Waals surface area contributed by atoms with Gasteiger partial charge in [0.05, 0.1) is 15.1 Å². The number of hydrogen-bond acceptors (Lipinski definition) is 3. The number of rotatable bonds is 1. The van der Waals surface area contributed by atoms with Crippen molar-refractivity contribution >= 4 is 21.6 Å². The van der Waals surface area contributed by atoms with Gasteiger partial charge in [-0.15, -0.1) is 11.3 Å². The van der Waals surface area contributed by atoms with Crippen LogP contribution in [0.1, 0.15) is 0 Å². The molecule has 14 heavy (non-hydrogen) atoms. The molecule has 0 saturated heterocycles.